The summed E-state index contributed by atoms with van der Waals surface area (Å²) in [6.07, 6.45) is 0.709. The zero-order valence-corrected chi connectivity index (χ0v) is 16.4. The van der Waals surface area contributed by atoms with E-state index in [0.717, 1.165) is 32.9 Å². The summed E-state index contributed by atoms with van der Waals surface area (Å²) in [7, 11) is 0. The van der Waals surface area contributed by atoms with Crippen LogP contribution in [0.25, 0.3) is 10.2 Å². The first kappa shape index (κ1) is 18.5. The van der Waals surface area contributed by atoms with E-state index in [-0.39, 0.29) is 11.9 Å². The van der Waals surface area contributed by atoms with Gasteiger partial charge in [-0.05, 0) is 37.1 Å². The molecule has 0 aliphatic carbocycles. The number of thiophene rings is 1. The first-order valence-electron chi connectivity index (χ1n) is 9.21. The highest BCUT2D eigenvalue weighted by Gasteiger charge is 2.24. The third-order valence-electron chi connectivity index (χ3n) is 4.72. The lowest BCUT2D eigenvalue weighted by atomic mass is 10.0. The number of nitrogens with two attached hydrogens (primary N) is 2. The third-order valence-corrected chi connectivity index (χ3v) is 5.84. The molecule has 0 fully saturated rings. The summed E-state index contributed by atoms with van der Waals surface area (Å²) < 4.78 is 5.87. The van der Waals surface area contributed by atoms with Crippen molar-refractivity contribution >= 4 is 38.8 Å². The Morgan fingerprint density at radius 3 is 3.04 bits per heavy atom. The molecule has 1 atom stereocenters. The predicted molar refractivity (Wildman–Crippen MR) is 113 cm³/mol. The minimum absolute atomic E-state index is 0.109. The second kappa shape index (κ2) is 7.65. The Balaban J connectivity index is 1.47. The van der Waals surface area contributed by atoms with Crippen LogP contribution in [0.5, 0.6) is 5.75 Å². The van der Waals surface area contributed by atoms with Crippen LogP contribution in [0.3, 0.4) is 0 Å². The van der Waals surface area contributed by atoms with Crippen molar-refractivity contribution in [3.05, 3.63) is 46.5 Å². The third kappa shape index (κ3) is 3.61. The zero-order valence-electron chi connectivity index (χ0n) is 15.6. The summed E-state index contributed by atoms with van der Waals surface area (Å²) in [4.78, 5) is 18.5. The van der Waals surface area contributed by atoms with E-state index in [1.807, 2.05) is 37.3 Å². The molecular weight excluding hydrogens is 374 g/mol. The number of nitrogen functional groups attached to an aromatic ring is 1. The van der Waals surface area contributed by atoms with E-state index in [4.69, 9.17) is 16.2 Å². The van der Waals surface area contributed by atoms with Crippen molar-refractivity contribution in [3.63, 3.8) is 0 Å². The monoisotopic (exact) mass is 397 g/mol. The number of aromatic nitrogens is 1. The first-order chi connectivity index (χ1) is 13.5. The van der Waals surface area contributed by atoms with Crippen molar-refractivity contribution in [1.82, 2.24) is 10.3 Å². The van der Waals surface area contributed by atoms with Crippen LogP contribution in [0.15, 0.2) is 30.3 Å². The molecule has 1 aliphatic heterocycles. The molecule has 6 N–H and O–H groups in total. The van der Waals surface area contributed by atoms with Crippen molar-refractivity contribution in [3.8, 4) is 5.75 Å². The summed E-state index contributed by atoms with van der Waals surface area (Å²) in [5, 5.41) is 7.11. The molecule has 0 radical (unpaired) electrons. The number of pyridine rings is 1. The van der Waals surface area contributed by atoms with Gasteiger partial charge in [-0.1, -0.05) is 6.07 Å². The van der Waals surface area contributed by atoms with Crippen LogP contribution in [-0.4, -0.2) is 36.6 Å². The van der Waals surface area contributed by atoms with Gasteiger partial charge in [0, 0.05) is 35.9 Å². The number of fused-ring (bicyclic) bond motifs is 2. The lowest BCUT2D eigenvalue weighted by Gasteiger charge is -2.26. The lowest BCUT2D eigenvalue weighted by Crippen LogP contribution is -2.42. The van der Waals surface area contributed by atoms with Crippen molar-refractivity contribution < 1.29 is 9.53 Å². The molecular formula is C20H23N5O2S. The number of rotatable bonds is 5. The molecule has 0 saturated carbocycles. The van der Waals surface area contributed by atoms with Gasteiger partial charge in [0.25, 0.3) is 5.91 Å². The maximum absolute atomic E-state index is 12.8. The van der Waals surface area contributed by atoms with Crippen LogP contribution in [0.2, 0.25) is 0 Å². The van der Waals surface area contributed by atoms with Gasteiger partial charge >= 0.3 is 0 Å². The van der Waals surface area contributed by atoms with E-state index in [9.17, 15) is 4.79 Å². The summed E-state index contributed by atoms with van der Waals surface area (Å²) >= 11 is 1.32. The number of amides is 1. The minimum Gasteiger partial charge on any atom is -0.491 e. The summed E-state index contributed by atoms with van der Waals surface area (Å²) in [6, 6.07) is 9.70. The van der Waals surface area contributed by atoms with Gasteiger partial charge in [0.15, 0.2) is 0 Å². The number of anilines is 2. The van der Waals surface area contributed by atoms with Crippen LogP contribution in [-0.2, 0) is 6.42 Å². The minimum atomic E-state index is -0.184. The van der Waals surface area contributed by atoms with Crippen molar-refractivity contribution in [2.75, 3.05) is 30.7 Å². The van der Waals surface area contributed by atoms with E-state index >= 15 is 0 Å². The quantitative estimate of drug-likeness (QED) is 0.525. The van der Waals surface area contributed by atoms with Gasteiger partial charge in [-0.15, -0.1) is 11.3 Å². The molecule has 3 aromatic rings. The van der Waals surface area contributed by atoms with Crippen LogP contribution < -0.4 is 26.8 Å². The van der Waals surface area contributed by atoms with E-state index in [0.29, 0.717) is 36.7 Å². The zero-order chi connectivity index (χ0) is 19.7. The van der Waals surface area contributed by atoms with Gasteiger partial charge < -0.3 is 26.8 Å². The Morgan fingerprint density at radius 1 is 1.36 bits per heavy atom. The molecule has 1 aromatic carbocycles. The predicted octanol–water partition coefficient (Wildman–Crippen LogP) is 2.29. The molecule has 7 nitrogen and oxygen atoms in total. The number of hydrogen-bond acceptors (Lipinski definition) is 7. The molecule has 0 saturated heterocycles. The van der Waals surface area contributed by atoms with Crippen LogP contribution in [0.1, 0.15) is 20.9 Å². The average Bonchev–Trinajstić information content (AvgIpc) is 3.02. The molecule has 1 amide bonds. The molecule has 0 unspecified atom stereocenters. The molecule has 8 heteroatoms. The molecule has 0 bridgehead atoms. The number of ether oxygens (including phenoxy) is 1. The van der Waals surface area contributed by atoms with Crippen molar-refractivity contribution in [1.29, 1.82) is 0 Å². The summed E-state index contributed by atoms with van der Waals surface area (Å²) in [5.74, 6) is 0.657. The van der Waals surface area contributed by atoms with Gasteiger partial charge in [-0.2, -0.15) is 0 Å². The van der Waals surface area contributed by atoms with Gasteiger partial charge in [0.05, 0.1) is 11.7 Å². The topological polar surface area (TPSA) is 115 Å². The van der Waals surface area contributed by atoms with E-state index in [2.05, 4.69) is 15.6 Å². The van der Waals surface area contributed by atoms with Crippen LogP contribution in [0, 0.1) is 6.92 Å². The van der Waals surface area contributed by atoms with E-state index in [1.165, 1.54) is 11.3 Å². The summed E-state index contributed by atoms with van der Waals surface area (Å²) in [5.41, 5.74) is 15.1. The van der Waals surface area contributed by atoms with Crippen molar-refractivity contribution in [2.24, 2.45) is 5.73 Å². The Hall–Kier alpha value is -2.84. The molecule has 4 rings (SSSR count). The first-order valence-corrected chi connectivity index (χ1v) is 10.0. The molecule has 3 heterocycles. The molecule has 1 aliphatic rings. The summed E-state index contributed by atoms with van der Waals surface area (Å²) in [6.45, 7) is 3.62. The standard InChI is InChI=1S/C20H23N5O2S/c1-11-2-5-15-17(22)18(28-20(15)24-11)19(26)25-14-8-12-3-4-13(23-7-6-21)9-16(12)27-10-14/h2-5,9,14,23H,6-8,10,21-22H2,1H3,(H,25,26)/t14-/m1/s1. The number of carbonyl (C=O) groups is 1. The van der Waals surface area contributed by atoms with Crippen LogP contribution >= 0.6 is 11.3 Å². The maximum atomic E-state index is 12.8. The Labute approximate surface area is 167 Å². The smallest absolute Gasteiger partial charge is 0.263 e. The average molecular weight is 398 g/mol. The molecule has 0 spiro atoms. The molecule has 146 valence electrons. The lowest BCUT2D eigenvalue weighted by molar-refractivity contribution is 0.0920. The number of nitrogens with zero attached hydrogens (tertiary/aromatic N) is 1. The highest BCUT2D eigenvalue weighted by molar-refractivity contribution is 7.21. The van der Waals surface area contributed by atoms with Crippen molar-refractivity contribution in [2.45, 2.75) is 19.4 Å². The number of nitrogens with one attached hydrogen (secondary N) is 2. The fraction of sp³-hybridized carbons (Fsp3) is 0.300. The normalized spacial score (nSPS) is 15.7. The van der Waals surface area contributed by atoms with E-state index < -0.39 is 0 Å². The number of benzene rings is 1. The second-order valence-electron chi connectivity index (χ2n) is 6.87. The van der Waals surface area contributed by atoms with Gasteiger partial charge in [0.1, 0.15) is 22.1 Å². The largest absolute Gasteiger partial charge is 0.491 e. The Kier molecular flexibility index (Phi) is 5.06. The Bertz CT molecular complexity index is 1030. The highest BCUT2D eigenvalue weighted by Crippen LogP contribution is 2.33. The SMILES string of the molecule is Cc1ccc2c(N)c(C(=O)N[C@H]3COc4cc(NCCN)ccc4C3)sc2n1. The maximum Gasteiger partial charge on any atom is 0.263 e. The molecule has 2 aromatic heterocycles. The van der Waals surface area contributed by atoms with Crippen LogP contribution in [0.4, 0.5) is 11.4 Å². The number of carbonyl (C=O) groups excluding carboxylic acids is 1. The fourth-order valence-corrected chi connectivity index (χ4v) is 4.34. The van der Waals surface area contributed by atoms with Gasteiger partial charge in [-0.25, -0.2) is 4.98 Å². The number of aryl methyl sites for hydroxylation is 1. The van der Waals surface area contributed by atoms with Gasteiger partial charge in [0.2, 0.25) is 0 Å². The second-order valence-corrected chi connectivity index (χ2v) is 7.87. The highest BCUT2D eigenvalue weighted by atomic mass is 32.1. The van der Waals surface area contributed by atoms with E-state index in [1.54, 1.807) is 0 Å². The fourth-order valence-electron chi connectivity index (χ4n) is 3.30. The Morgan fingerprint density at radius 2 is 2.21 bits per heavy atom. The number of hydrogen-bond donors (Lipinski definition) is 4. The van der Waals surface area contributed by atoms with Gasteiger partial charge in [-0.3, -0.25) is 4.79 Å². The molecule has 28 heavy (non-hydrogen) atoms.